The predicted molar refractivity (Wildman–Crippen MR) is 70.3 cm³/mol. The maximum Gasteiger partial charge on any atom is 0.250 e. The zero-order valence-corrected chi connectivity index (χ0v) is 11.3. The minimum Gasteiger partial charge on any atom is -0.366 e. The molecule has 0 spiro atoms. The number of nitrogens with one attached hydrogen (secondary N) is 1. The van der Waals surface area contributed by atoms with Gasteiger partial charge in [-0.1, -0.05) is 18.2 Å². The summed E-state index contributed by atoms with van der Waals surface area (Å²) in [5.41, 5.74) is 2.72. The maximum absolute atomic E-state index is 11.7. The molecule has 94 valence electrons. The molecule has 0 saturated heterocycles. The molecule has 0 aliphatic carbocycles. The number of para-hydroxylation sites is 1. The Hall–Kier alpha value is -1.35. The summed E-state index contributed by atoms with van der Waals surface area (Å²) in [6.07, 6.45) is 0. The summed E-state index contributed by atoms with van der Waals surface area (Å²) in [6.45, 7) is 9.83. The summed E-state index contributed by atoms with van der Waals surface area (Å²) in [5, 5.41) is 2.89. The van der Waals surface area contributed by atoms with Crippen molar-refractivity contribution in [3.63, 3.8) is 0 Å². The second-order valence-electron chi connectivity index (χ2n) is 5.22. The fraction of sp³-hybridized carbons (Fsp3) is 0.500. The SMILES string of the molecule is Cc1cccc(C)c1NC(=O)COC(C)(C)C. The molecule has 0 aliphatic heterocycles. The van der Waals surface area contributed by atoms with E-state index in [0.29, 0.717) is 0 Å². The zero-order valence-electron chi connectivity index (χ0n) is 11.3. The number of rotatable bonds is 3. The molecule has 0 aromatic heterocycles. The topological polar surface area (TPSA) is 38.3 Å². The molecular weight excluding hydrogens is 214 g/mol. The van der Waals surface area contributed by atoms with Crippen molar-refractivity contribution in [1.29, 1.82) is 0 Å². The number of amides is 1. The quantitative estimate of drug-likeness (QED) is 0.874. The first kappa shape index (κ1) is 13.7. The molecule has 1 rings (SSSR count). The summed E-state index contributed by atoms with van der Waals surface area (Å²) in [5.74, 6) is -0.114. The van der Waals surface area contributed by atoms with E-state index >= 15 is 0 Å². The van der Waals surface area contributed by atoms with Crippen molar-refractivity contribution in [3.05, 3.63) is 29.3 Å². The second kappa shape index (κ2) is 5.32. The molecule has 0 fully saturated rings. The third-order valence-corrected chi connectivity index (χ3v) is 2.38. The Kier molecular flexibility index (Phi) is 4.29. The minimum atomic E-state index is -0.294. The Morgan fingerprint density at radius 2 is 1.76 bits per heavy atom. The third kappa shape index (κ3) is 4.57. The van der Waals surface area contributed by atoms with Crippen LogP contribution in [-0.2, 0) is 9.53 Å². The van der Waals surface area contributed by atoms with Gasteiger partial charge in [0, 0.05) is 5.69 Å². The first-order chi connectivity index (χ1) is 7.79. The zero-order chi connectivity index (χ0) is 13.1. The summed E-state index contributed by atoms with van der Waals surface area (Å²) < 4.78 is 5.43. The number of hydrogen-bond acceptors (Lipinski definition) is 2. The van der Waals surface area contributed by atoms with Gasteiger partial charge >= 0.3 is 0 Å². The van der Waals surface area contributed by atoms with E-state index in [2.05, 4.69) is 5.32 Å². The predicted octanol–water partition coefficient (Wildman–Crippen LogP) is 3.06. The van der Waals surface area contributed by atoms with Gasteiger partial charge in [-0.25, -0.2) is 0 Å². The van der Waals surface area contributed by atoms with Gasteiger partial charge in [0.25, 0.3) is 0 Å². The van der Waals surface area contributed by atoms with E-state index in [0.717, 1.165) is 16.8 Å². The van der Waals surface area contributed by atoms with Crippen molar-refractivity contribution < 1.29 is 9.53 Å². The summed E-state index contributed by atoms with van der Waals surface area (Å²) in [4.78, 5) is 11.7. The second-order valence-corrected chi connectivity index (χ2v) is 5.22. The highest BCUT2D eigenvalue weighted by molar-refractivity contribution is 5.93. The van der Waals surface area contributed by atoms with Crippen molar-refractivity contribution in [2.75, 3.05) is 11.9 Å². The molecule has 1 aromatic rings. The lowest BCUT2D eigenvalue weighted by Gasteiger charge is -2.19. The Morgan fingerprint density at radius 1 is 1.24 bits per heavy atom. The van der Waals surface area contributed by atoms with Gasteiger partial charge in [0.15, 0.2) is 0 Å². The van der Waals surface area contributed by atoms with Crippen LogP contribution in [0.15, 0.2) is 18.2 Å². The molecule has 17 heavy (non-hydrogen) atoms. The fourth-order valence-electron chi connectivity index (χ4n) is 1.47. The molecule has 0 aliphatic rings. The smallest absolute Gasteiger partial charge is 0.250 e. The van der Waals surface area contributed by atoms with Crippen LogP contribution in [0.5, 0.6) is 0 Å². The van der Waals surface area contributed by atoms with E-state index in [1.807, 2.05) is 52.8 Å². The van der Waals surface area contributed by atoms with Crippen LogP contribution < -0.4 is 5.32 Å². The Balaban J connectivity index is 2.63. The molecule has 0 bridgehead atoms. The van der Waals surface area contributed by atoms with E-state index < -0.39 is 0 Å². The normalized spacial score (nSPS) is 11.4. The summed E-state index contributed by atoms with van der Waals surface area (Å²) in [6, 6.07) is 5.94. The number of aryl methyl sites for hydroxylation is 2. The van der Waals surface area contributed by atoms with E-state index in [4.69, 9.17) is 4.74 Å². The Labute approximate surface area is 103 Å². The highest BCUT2D eigenvalue weighted by Gasteiger charge is 2.13. The van der Waals surface area contributed by atoms with Gasteiger partial charge in [-0.05, 0) is 45.7 Å². The van der Waals surface area contributed by atoms with Gasteiger partial charge in [0.1, 0.15) is 6.61 Å². The van der Waals surface area contributed by atoms with Crippen molar-refractivity contribution in [3.8, 4) is 0 Å². The van der Waals surface area contributed by atoms with Crippen LogP contribution in [0, 0.1) is 13.8 Å². The van der Waals surface area contributed by atoms with Crippen molar-refractivity contribution in [1.82, 2.24) is 0 Å². The number of anilines is 1. The van der Waals surface area contributed by atoms with Gasteiger partial charge < -0.3 is 10.1 Å². The minimum absolute atomic E-state index is 0.0806. The molecule has 0 atom stereocenters. The number of hydrogen-bond donors (Lipinski definition) is 1. The van der Waals surface area contributed by atoms with Crippen LogP contribution in [-0.4, -0.2) is 18.1 Å². The van der Waals surface area contributed by atoms with E-state index in [1.165, 1.54) is 0 Å². The van der Waals surface area contributed by atoms with Crippen LogP contribution in [0.2, 0.25) is 0 Å². The van der Waals surface area contributed by atoms with Crippen LogP contribution in [0.4, 0.5) is 5.69 Å². The van der Waals surface area contributed by atoms with Crippen molar-refractivity contribution >= 4 is 11.6 Å². The largest absolute Gasteiger partial charge is 0.366 e. The fourth-order valence-corrected chi connectivity index (χ4v) is 1.47. The first-order valence-electron chi connectivity index (χ1n) is 5.79. The molecular formula is C14H21NO2. The first-order valence-corrected chi connectivity index (χ1v) is 5.79. The van der Waals surface area contributed by atoms with Crippen molar-refractivity contribution in [2.45, 2.75) is 40.2 Å². The molecule has 0 saturated carbocycles. The van der Waals surface area contributed by atoms with Gasteiger partial charge in [-0.3, -0.25) is 4.79 Å². The van der Waals surface area contributed by atoms with Gasteiger partial charge in [-0.2, -0.15) is 0 Å². The average Bonchev–Trinajstić information content (AvgIpc) is 2.20. The van der Waals surface area contributed by atoms with Crippen LogP contribution in [0.1, 0.15) is 31.9 Å². The molecule has 1 aromatic carbocycles. The molecule has 1 amide bonds. The average molecular weight is 235 g/mol. The Morgan fingerprint density at radius 3 is 2.24 bits per heavy atom. The van der Waals surface area contributed by atoms with E-state index in [9.17, 15) is 4.79 Å². The Bertz CT molecular complexity index is 385. The standard InChI is InChI=1S/C14H21NO2/c1-10-7-6-8-11(2)13(10)15-12(16)9-17-14(3,4)5/h6-8H,9H2,1-5H3,(H,15,16). The molecule has 3 nitrogen and oxygen atoms in total. The highest BCUT2D eigenvalue weighted by Crippen LogP contribution is 2.19. The van der Waals surface area contributed by atoms with Gasteiger partial charge in [0.05, 0.1) is 5.60 Å². The lowest BCUT2D eigenvalue weighted by Crippen LogP contribution is -2.27. The number of ether oxygens (including phenoxy) is 1. The van der Waals surface area contributed by atoms with Crippen LogP contribution in [0.25, 0.3) is 0 Å². The lowest BCUT2D eigenvalue weighted by atomic mass is 10.1. The monoisotopic (exact) mass is 235 g/mol. The molecule has 0 unspecified atom stereocenters. The number of carbonyl (C=O) groups excluding carboxylic acids is 1. The molecule has 1 N–H and O–H groups in total. The molecule has 0 heterocycles. The summed E-state index contributed by atoms with van der Waals surface area (Å²) >= 11 is 0. The summed E-state index contributed by atoms with van der Waals surface area (Å²) in [7, 11) is 0. The molecule has 3 heteroatoms. The molecule has 0 radical (unpaired) electrons. The van der Waals surface area contributed by atoms with Crippen LogP contribution in [0.3, 0.4) is 0 Å². The van der Waals surface area contributed by atoms with E-state index in [-0.39, 0.29) is 18.1 Å². The third-order valence-electron chi connectivity index (χ3n) is 2.38. The van der Waals surface area contributed by atoms with Crippen LogP contribution >= 0.6 is 0 Å². The van der Waals surface area contributed by atoms with Crippen molar-refractivity contribution in [2.24, 2.45) is 0 Å². The highest BCUT2D eigenvalue weighted by atomic mass is 16.5. The number of benzene rings is 1. The van der Waals surface area contributed by atoms with E-state index in [1.54, 1.807) is 0 Å². The maximum atomic E-state index is 11.7. The van der Waals surface area contributed by atoms with Gasteiger partial charge in [0.2, 0.25) is 5.91 Å². The lowest BCUT2D eigenvalue weighted by molar-refractivity contribution is -0.125. The van der Waals surface area contributed by atoms with Gasteiger partial charge in [-0.15, -0.1) is 0 Å². The number of carbonyl (C=O) groups is 1.